The largest absolute Gasteiger partial charge is 0.489 e. The third kappa shape index (κ3) is 4.77. The molecular formula is C24H25N3O4. The number of nitrogens with zero attached hydrogens (tertiary/aromatic N) is 2. The minimum Gasteiger partial charge on any atom is -0.489 e. The Morgan fingerprint density at radius 3 is 2.77 bits per heavy atom. The van der Waals surface area contributed by atoms with Crippen molar-refractivity contribution in [2.45, 2.75) is 39.7 Å². The van der Waals surface area contributed by atoms with Crippen LogP contribution in [0.2, 0.25) is 0 Å². The van der Waals surface area contributed by atoms with Crippen molar-refractivity contribution in [1.29, 1.82) is 0 Å². The number of carbonyl (C=O) groups excluding carboxylic acids is 2. The molecule has 1 N–H and O–H groups in total. The molecule has 0 radical (unpaired) electrons. The van der Waals surface area contributed by atoms with Crippen LogP contribution in [0.4, 0.5) is 11.4 Å². The van der Waals surface area contributed by atoms with Gasteiger partial charge in [0.25, 0.3) is 5.91 Å². The molecule has 0 spiro atoms. The summed E-state index contributed by atoms with van der Waals surface area (Å²) in [7, 11) is 0. The second kappa shape index (κ2) is 9.04. The Labute approximate surface area is 181 Å². The van der Waals surface area contributed by atoms with Crippen LogP contribution >= 0.6 is 0 Å². The molecule has 1 aliphatic heterocycles. The number of amides is 2. The summed E-state index contributed by atoms with van der Waals surface area (Å²) in [6.45, 7) is 4.73. The van der Waals surface area contributed by atoms with Gasteiger partial charge in [-0.1, -0.05) is 17.3 Å². The highest BCUT2D eigenvalue weighted by Gasteiger charge is 2.20. The minimum absolute atomic E-state index is 0.123. The fourth-order valence-corrected chi connectivity index (χ4v) is 3.62. The number of carbonyl (C=O) groups is 2. The third-order valence-electron chi connectivity index (χ3n) is 5.40. The topological polar surface area (TPSA) is 84.7 Å². The zero-order valence-corrected chi connectivity index (χ0v) is 17.7. The molecule has 1 aromatic heterocycles. The number of hydrogen-bond acceptors (Lipinski definition) is 5. The molecule has 3 aromatic rings. The summed E-state index contributed by atoms with van der Waals surface area (Å²) >= 11 is 0. The maximum atomic E-state index is 12.8. The van der Waals surface area contributed by atoms with Gasteiger partial charge in [0.15, 0.2) is 0 Å². The Bertz CT molecular complexity index is 1090. The van der Waals surface area contributed by atoms with Gasteiger partial charge in [0.2, 0.25) is 5.91 Å². The highest BCUT2D eigenvalue weighted by atomic mass is 16.5. The van der Waals surface area contributed by atoms with Crippen LogP contribution in [0.25, 0.3) is 0 Å². The van der Waals surface area contributed by atoms with Gasteiger partial charge in [-0.25, -0.2) is 0 Å². The molecule has 7 heteroatoms. The van der Waals surface area contributed by atoms with E-state index in [0.29, 0.717) is 36.6 Å². The fraction of sp³-hybridized carbons (Fsp3) is 0.292. The van der Waals surface area contributed by atoms with Crippen LogP contribution in [0.1, 0.15) is 46.6 Å². The lowest BCUT2D eigenvalue weighted by Gasteiger charge is -2.27. The highest BCUT2D eigenvalue weighted by Crippen LogP contribution is 2.25. The zero-order chi connectivity index (χ0) is 21.8. The van der Waals surface area contributed by atoms with Gasteiger partial charge in [0.1, 0.15) is 18.1 Å². The number of ether oxygens (including phenoxy) is 1. The van der Waals surface area contributed by atoms with Crippen LogP contribution in [0.15, 0.2) is 53.1 Å². The molecule has 160 valence electrons. The van der Waals surface area contributed by atoms with E-state index in [1.54, 1.807) is 29.2 Å². The number of nitrogens with one attached hydrogen (secondary N) is 1. The second-order valence-electron chi connectivity index (χ2n) is 7.63. The lowest BCUT2D eigenvalue weighted by Crippen LogP contribution is -2.35. The van der Waals surface area contributed by atoms with Crippen molar-refractivity contribution in [2.75, 3.05) is 16.8 Å². The molecule has 0 bridgehead atoms. The maximum absolute atomic E-state index is 12.8. The van der Waals surface area contributed by atoms with E-state index >= 15 is 0 Å². The number of aromatic nitrogens is 1. The smallest absolute Gasteiger partial charge is 0.255 e. The van der Waals surface area contributed by atoms with E-state index in [0.717, 1.165) is 35.5 Å². The van der Waals surface area contributed by atoms with Crippen LogP contribution in [-0.2, 0) is 11.4 Å². The molecular weight excluding hydrogens is 394 g/mol. The van der Waals surface area contributed by atoms with Crippen LogP contribution in [0.3, 0.4) is 0 Å². The molecule has 0 saturated carbocycles. The first-order valence-electron chi connectivity index (χ1n) is 10.4. The van der Waals surface area contributed by atoms with Crippen LogP contribution < -0.4 is 15.0 Å². The van der Waals surface area contributed by atoms with Crippen molar-refractivity contribution in [3.63, 3.8) is 0 Å². The van der Waals surface area contributed by atoms with Crippen LogP contribution in [0.5, 0.6) is 5.75 Å². The standard InChI is InChI=1S/C24H25N3O4/c1-16-22(17(2)31-26-16)15-30-21-10-5-7-18(13-21)24(29)25-19-8-6-9-20(14-19)27-12-4-3-11-23(27)28/h5-10,13-14H,3-4,11-12,15H2,1-2H3,(H,25,29). The number of aryl methyl sites for hydroxylation is 2. The van der Waals surface area contributed by atoms with Crippen molar-refractivity contribution in [1.82, 2.24) is 5.16 Å². The molecule has 2 amide bonds. The molecule has 1 fully saturated rings. The van der Waals surface area contributed by atoms with Gasteiger partial charge in [-0.15, -0.1) is 0 Å². The fourth-order valence-electron chi connectivity index (χ4n) is 3.62. The predicted molar refractivity (Wildman–Crippen MR) is 117 cm³/mol. The SMILES string of the molecule is Cc1noc(C)c1COc1cccc(C(=O)Nc2cccc(N3CCCCC3=O)c2)c1. The molecule has 0 aliphatic carbocycles. The quantitative estimate of drug-likeness (QED) is 0.629. The molecule has 31 heavy (non-hydrogen) atoms. The summed E-state index contributed by atoms with van der Waals surface area (Å²) in [4.78, 5) is 26.8. The first kappa shape index (κ1) is 20.7. The molecule has 1 saturated heterocycles. The Morgan fingerprint density at radius 2 is 2.00 bits per heavy atom. The number of rotatable bonds is 6. The maximum Gasteiger partial charge on any atom is 0.255 e. The molecule has 2 heterocycles. The van der Waals surface area contributed by atoms with Crippen molar-refractivity contribution in [3.8, 4) is 5.75 Å². The minimum atomic E-state index is -0.245. The second-order valence-corrected chi connectivity index (χ2v) is 7.63. The summed E-state index contributed by atoms with van der Waals surface area (Å²) < 4.78 is 11.0. The molecule has 0 atom stereocenters. The number of hydrogen-bond donors (Lipinski definition) is 1. The summed E-state index contributed by atoms with van der Waals surface area (Å²) in [6.07, 6.45) is 2.49. The van der Waals surface area contributed by atoms with Gasteiger partial charge in [0.05, 0.1) is 11.3 Å². The number of benzene rings is 2. The van der Waals surface area contributed by atoms with Crippen molar-refractivity contribution in [3.05, 3.63) is 71.1 Å². The zero-order valence-electron chi connectivity index (χ0n) is 17.7. The third-order valence-corrected chi connectivity index (χ3v) is 5.40. The van der Waals surface area contributed by atoms with E-state index in [2.05, 4.69) is 10.5 Å². The first-order valence-corrected chi connectivity index (χ1v) is 10.4. The first-order chi connectivity index (χ1) is 15.0. The van der Waals surface area contributed by atoms with Gasteiger partial charge in [-0.2, -0.15) is 0 Å². The Hall–Kier alpha value is -3.61. The van der Waals surface area contributed by atoms with E-state index in [1.165, 1.54) is 0 Å². The Balaban J connectivity index is 1.44. The van der Waals surface area contributed by atoms with Crippen LogP contribution in [-0.4, -0.2) is 23.5 Å². The van der Waals surface area contributed by atoms with Gasteiger partial charge >= 0.3 is 0 Å². The molecule has 2 aromatic carbocycles. The number of piperidine rings is 1. The average Bonchev–Trinajstić information content (AvgIpc) is 3.10. The number of anilines is 2. The van der Waals surface area contributed by atoms with Gasteiger partial charge in [-0.3, -0.25) is 9.59 Å². The summed E-state index contributed by atoms with van der Waals surface area (Å²) in [5, 5.41) is 6.83. The van der Waals surface area contributed by atoms with E-state index in [-0.39, 0.29) is 11.8 Å². The lowest BCUT2D eigenvalue weighted by molar-refractivity contribution is -0.119. The summed E-state index contributed by atoms with van der Waals surface area (Å²) in [5.41, 5.74) is 3.62. The highest BCUT2D eigenvalue weighted by molar-refractivity contribution is 6.05. The van der Waals surface area contributed by atoms with Gasteiger partial charge in [-0.05, 0) is 63.1 Å². The molecule has 0 unspecified atom stereocenters. The van der Waals surface area contributed by atoms with Crippen molar-refractivity contribution >= 4 is 23.2 Å². The molecule has 4 rings (SSSR count). The molecule has 1 aliphatic rings. The normalized spacial score (nSPS) is 13.9. The summed E-state index contributed by atoms with van der Waals surface area (Å²) in [5.74, 6) is 1.18. The lowest BCUT2D eigenvalue weighted by atomic mass is 10.1. The van der Waals surface area contributed by atoms with Gasteiger partial charge < -0.3 is 19.5 Å². The Kier molecular flexibility index (Phi) is 6.02. The van der Waals surface area contributed by atoms with E-state index < -0.39 is 0 Å². The Morgan fingerprint density at radius 1 is 1.16 bits per heavy atom. The van der Waals surface area contributed by atoms with Crippen molar-refractivity contribution < 1.29 is 18.8 Å². The monoisotopic (exact) mass is 419 g/mol. The van der Waals surface area contributed by atoms with E-state index in [4.69, 9.17) is 9.26 Å². The van der Waals surface area contributed by atoms with Crippen LogP contribution in [0, 0.1) is 13.8 Å². The van der Waals surface area contributed by atoms with Crippen molar-refractivity contribution in [2.24, 2.45) is 0 Å². The summed E-state index contributed by atoms with van der Waals surface area (Å²) in [6, 6.07) is 14.4. The van der Waals surface area contributed by atoms with E-state index in [9.17, 15) is 9.59 Å². The van der Waals surface area contributed by atoms with Gasteiger partial charge in [0, 0.05) is 29.9 Å². The predicted octanol–water partition coefficient (Wildman–Crippen LogP) is 4.64. The van der Waals surface area contributed by atoms with E-state index in [1.807, 2.05) is 38.1 Å². The average molecular weight is 419 g/mol. The molecule has 7 nitrogen and oxygen atoms in total.